The predicted molar refractivity (Wildman–Crippen MR) is 424 cm³/mol. The van der Waals surface area contributed by atoms with Crippen molar-refractivity contribution in [1.29, 1.82) is 0 Å². The lowest BCUT2D eigenvalue weighted by molar-refractivity contribution is -0.359. The minimum Gasteiger partial charge on any atom is -0.394 e. The van der Waals surface area contributed by atoms with E-state index in [9.17, 15) is 45.6 Å². The Morgan fingerprint density at radius 2 is 0.686 bits per heavy atom. The highest BCUT2D eigenvalue weighted by molar-refractivity contribution is 5.76. The molecule has 2 aliphatic heterocycles. The van der Waals surface area contributed by atoms with Gasteiger partial charge >= 0.3 is 0 Å². The fraction of sp³-hybridized carbons (Fsp3) is 0.807. The summed E-state index contributed by atoms with van der Waals surface area (Å²) < 4.78 is 22.9. The van der Waals surface area contributed by atoms with Crippen molar-refractivity contribution in [1.82, 2.24) is 5.32 Å². The minimum atomic E-state index is -1.79. The third-order valence-corrected chi connectivity index (χ3v) is 20.3. The number of nitrogens with one attached hydrogen (secondary N) is 1. The first-order valence-corrected chi connectivity index (χ1v) is 42.5. The largest absolute Gasteiger partial charge is 0.394 e. The summed E-state index contributed by atoms with van der Waals surface area (Å²) in [5, 5.41) is 87.7. The van der Waals surface area contributed by atoms with Gasteiger partial charge in [-0.2, -0.15) is 0 Å². The molecular formula is C88H157NO13. The highest BCUT2D eigenvalue weighted by Gasteiger charge is 2.51. The average molecular weight is 1440 g/mol. The van der Waals surface area contributed by atoms with Crippen LogP contribution >= 0.6 is 0 Å². The molecule has 0 aromatic rings. The molecule has 0 radical (unpaired) electrons. The van der Waals surface area contributed by atoms with Crippen LogP contribution in [0.4, 0.5) is 0 Å². The maximum Gasteiger partial charge on any atom is 0.220 e. The van der Waals surface area contributed by atoms with Gasteiger partial charge in [0.1, 0.15) is 48.8 Å². The molecule has 2 aliphatic rings. The Morgan fingerprint density at radius 1 is 0.363 bits per heavy atom. The molecular weight excluding hydrogens is 1280 g/mol. The maximum atomic E-state index is 13.4. The molecule has 592 valence electrons. The van der Waals surface area contributed by atoms with Gasteiger partial charge in [-0.1, -0.05) is 368 Å². The van der Waals surface area contributed by atoms with Gasteiger partial charge in [-0.25, -0.2) is 0 Å². The number of rotatable bonds is 71. The first kappa shape index (κ1) is 95.0. The molecule has 9 N–H and O–H groups in total. The van der Waals surface area contributed by atoms with E-state index in [1.54, 1.807) is 6.08 Å². The number of unbranched alkanes of at least 4 members (excludes halogenated alkanes) is 44. The summed E-state index contributed by atoms with van der Waals surface area (Å²) in [4.78, 5) is 13.4. The second-order valence-electron chi connectivity index (χ2n) is 29.6. The summed E-state index contributed by atoms with van der Waals surface area (Å²) in [5.74, 6) is -0.245. The number of hydrogen-bond acceptors (Lipinski definition) is 13. The standard InChI is InChI=1S/C88H157NO13/c1-3-5-7-9-11-13-15-17-19-21-23-25-27-29-31-33-34-35-36-37-38-39-40-41-42-44-46-48-50-52-54-56-58-60-62-64-66-68-70-72-80(93)89-76(75-99-87-85(98)83(96)86(79(74-91)101-87)102-88-84(97)82(95)81(94)78(73-90)100-88)77(92)71-69-67-65-63-61-59-57-55-53-51-49-47-45-43-32-30-28-26-24-22-20-18-16-14-12-10-8-6-4-2/h5,7,11,13,17,19,23,25,29,31,34-35,61,63,69,71,76-79,81-88,90-92,94-98H,3-4,6,8-10,12,14-16,18,20-22,24,26-28,30,32-33,36-60,62,64-68,70,72-75H2,1-2H3,(H,89,93)/b7-5-,13-11-,19-17-,25-23-,31-29-,35-34-,63-61+,71-69+. The van der Waals surface area contributed by atoms with Crippen LogP contribution in [0.1, 0.15) is 361 Å². The number of carbonyl (C=O) groups is 1. The molecule has 0 spiro atoms. The normalized spacial score (nSPS) is 22.1. The van der Waals surface area contributed by atoms with Crippen LogP contribution in [0, 0.1) is 0 Å². The predicted octanol–water partition coefficient (Wildman–Crippen LogP) is 20.0. The van der Waals surface area contributed by atoms with E-state index in [1.807, 2.05) is 6.08 Å². The Hall–Kier alpha value is -3.09. The van der Waals surface area contributed by atoms with Gasteiger partial charge in [-0.3, -0.25) is 4.79 Å². The molecule has 14 nitrogen and oxygen atoms in total. The van der Waals surface area contributed by atoms with Crippen LogP contribution in [0.15, 0.2) is 97.2 Å². The zero-order valence-electron chi connectivity index (χ0n) is 65.1. The van der Waals surface area contributed by atoms with Gasteiger partial charge in [0.05, 0.1) is 32.0 Å². The van der Waals surface area contributed by atoms with Gasteiger partial charge < -0.3 is 65.1 Å². The molecule has 14 heteroatoms. The van der Waals surface area contributed by atoms with Crippen molar-refractivity contribution < 1.29 is 64.6 Å². The Morgan fingerprint density at radius 3 is 1.08 bits per heavy atom. The van der Waals surface area contributed by atoms with Gasteiger partial charge in [0.15, 0.2) is 12.6 Å². The number of ether oxygens (including phenoxy) is 4. The third-order valence-electron chi connectivity index (χ3n) is 20.3. The first-order chi connectivity index (χ1) is 50.1. The number of aliphatic hydroxyl groups excluding tert-OH is 8. The van der Waals surface area contributed by atoms with E-state index in [1.165, 1.54) is 257 Å². The molecule has 102 heavy (non-hydrogen) atoms. The lowest BCUT2D eigenvalue weighted by Gasteiger charge is -2.46. The first-order valence-electron chi connectivity index (χ1n) is 42.5. The number of amides is 1. The van der Waals surface area contributed by atoms with Gasteiger partial charge in [0.2, 0.25) is 5.91 Å². The molecule has 2 rings (SSSR count). The van der Waals surface area contributed by atoms with Crippen molar-refractivity contribution in [3.8, 4) is 0 Å². The Labute approximate surface area is 623 Å². The second-order valence-corrected chi connectivity index (χ2v) is 29.6. The van der Waals surface area contributed by atoms with Crippen LogP contribution in [-0.2, 0) is 23.7 Å². The van der Waals surface area contributed by atoms with Crippen LogP contribution in [0.3, 0.4) is 0 Å². The molecule has 0 aromatic carbocycles. The van der Waals surface area contributed by atoms with E-state index in [-0.39, 0.29) is 18.9 Å². The van der Waals surface area contributed by atoms with Crippen molar-refractivity contribution in [2.75, 3.05) is 19.8 Å². The van der Waals surface area contributed by atoms with Crippen LogP contribution < -0.4 is 5.32 Å². The van der Waals surface area contributed by atoms with Crippen LogP contribution in [0.2, 0.25) is 0 Å². The fourth-order valence-electron chi connectivity index (χ4n) is 13.6. The minimum absolute atomic E-state index is 0.245. The van der Waals surface area contributed by atoms with Gasteiger partial charge in [0.25, 0.3) is 0 Å². The molecule has 0 aromatic heterocycles. The zero-order chi connectivity index (χ0) is 73.7. The van der Waals surface area contributed by atoms with Crippen molar-refractivity contribution >= 4 is 5.91 Å². The lowest BCUT2D eigenvalue weighted by atomic mass is 9.97. The van der Waals surface area contributed by atoms with Gasteiger partial charge in [-0.05, 0) is 83.5 Å². The van der Waals surface area contributed by atoms with Crippen LogP contribution in [0.5, 0.6) is 0 Å². The molecule has 12 atom stereocenters. The zero-order valence-corrected chi connectivity index (χ0v) is 65.1. The van der Waals surface area contributed by atoms with Gasteiger partial charge in [-0.15, -0.1) is 0 Å². The van der Waals surface area contributed by atoms with Crippen molar-refractivity contribution in [3.63, 3.8) is 0 Å². The number of carbonyl (C=O) groups excluding carboxylic acids is 1. The molecule has 0 aliphatic carbocycles. The highest BCUT2D eigenvalue weighted by Crippen LogP contribution is 2.30. The third kappa shape index (κ3) is 52.8. The molecule has 0 bridgehead atoms. The fourth-order valence-corrected chi connectivity index (χ4v) is 13.6. The Balaban J connectivity index is 1.59. The second kappa shape index (κ2) is 70.9. The van der Waals surface area contributed by atoms with E-state index < -0.39 is 86.8 Å². The van der Waals surface area contributed by atoms with Gasteiger partial charge in [0, 0.05) is 6.42 Å². The highest BCUT2D eigenvalue weighted by atomic mass is 16.7. The topological polar surface area (TPSA) is 228 Å². The number of hydrogen-bond donors (Lipinski definition) is 9. The maximum absolute atomic E-state index is 13.4. The summed E-state index contributed by atoms with van der Waals surface area (Å²) in [7, 11) is 0. The van der Waals surface area contributed by atoms with Crippen molar-refractivity contribution in [2.45, 2.75) is 434 Å². The van der Waals surface area contributed by atoms with Crippen molar-refractivity contribution in [2.24, 2.45) is 0 Å². The Kier molecular flexibility index (Phi) is 66.0. The lowest BCUT2D eigenvalue weighted by Crippen LogP contribution is -2.65. The average Bonchev–Trinajstić information content (AvgIpc) is 0.790. The SMILES string of the molecule is CC/C=C\C/C=C\C/C=C\C/C=C\C/C=C\C/C=C\CCCCCCCCCCCCCCCCCCCCCCC(=O)NC(COC1OC(CO)C(OC2OC(CO)C(O)C(O)C2O)C(O)C1O)C(O)/C=C/CC/C=C/CCCCCCCCCCCCCCCCCCCCCCCCC. The molecule has 0 saturated carbocycles. The van der Waals surface area contributed by atoms with E-state index >= 15 is 0 Å². The number of aliphatic hydroxyl groups is 8. The van der Waals surface area contributed by atoms with E-state index in [0.29, 0.717) is 12.8 Å². The molecule has 12 unspecified atom stereocenters. The van der Waals surface area contributed by atoms with Crippen LogP contribution in [-0.4, -0.2) is 140 Å². The summed E-state index contributed by atoms with van der Waals surface area (Å²) in [6.07, 6.45) is 85.1. The van der Waals surface area contributed by atoms with E-state index in [2.05, 4.69) is 104 Å². The quantitative estimate of drug-likeness (QED) is 0.0204. The smallest absolute Gasteiger partial charge is 0.220 e. The Bertz CT molecular complexity index is 2090. The molecule has 2 heterocycles. The summed E-state index contributed by atoms with van der Waals surface area (Å²) in [6.45, 7) is 2.72. The number of allylic oxidation sites excluding steroid dienone is 15. The summed E-state index contributed by atoms with van der Waals surface area (Å²) in [5.41, 5.74) is 0. The summed E-state index contributed by atoms with van der Waals surface area (Å²) >= 11 is 0. The van der Waals surface area contributed by atoms with Crippen molar-refractivity contribution in [3.05, 3.63) is 97.2 Å². The van der Waals surface area contributed by atoms with E-state index in [0.717, 1.165) is 70.6 Å². The molecule has 2 saturated heterocycles. The van der Waals surface area contributed by atoms with Crippen LogP contribution in [0.25, 0.3) is 0 Å². The summed E-state index contributed by atoms with van der Waals surface area (Å²) in [6, 6.07) is -0.937. The molecule has 2 fully saturated rings. The monoisotopic (exact) mass is 1440 g/mol. The molecule has 1 amide bonds. The van der Waals surface area contributed by atoms with E-state index in [4.69, 9.17) is 18.9 Å².